The highest BCUT2D eigenvalue weighted by molar-refractivity contribution is 6.24. The van der Waals surface area contributed by atoms with Crippen LogP contribution in [0.5, 0.6) is 5.75 Å². The Hall–Kier alpha value is -3.68. The maximum atomic E-state index is 13.0. The van der Waals surface area contributed by atoms with E-state index < -0.39 is 5.91 Å². The van der Waals surface area contributed by atoms with Gasteiger partial charge in [0, 0.05) is 49.4 Å². The first-order valence-electron chi connectivity index (χ1n) is 9.21. The molecule has 1 amide bonds. The van der Waals surface area contributed by atoms with Gasteiger partial charge in [-0.2, -0.15) is 0 Å². The van der Waals surface area contributed by atoms with E-state index in [4.69, 9.17) is 10.5 Å². The number of aryl methyl sites for hydroxylation is 1. The van der Waals surface area contributed by atoms with E-state index in [-0.39, 0.29) is 17.0 Å². The van der Waals surface area contributed by atoms with Crippen molar-refractivity contribution in [1.29, 1.82) is 0 Å². The van der Waals surface area contributed by atoms with Gasteiger partial charge in [0.15, 0.2) is 5.82 Å². The maximum Gasteiger partial charge on any atom is 0.260 e. The molecular formula is C21H22N6O2. The second-order valence-electron chi connectivity index (χ2n) is 7.58. The summed E-state index contributed by atoms with van der Waals surface area (Å²) >= 11 is 0. The van der Waals surface area contributed by atoms with Crippen LogP contribution in [0.4, 0.5) is 5.69 Å². The summed E-state index contributed by atoms with van der Waals surface area (Å²) in [4.78, 5) is 25.6. The maximum absolute atomic E-state index is 13.0. The van der Waals surface area contributed by atoms with Gasteiger partial charge in [0.2, 0.25) is 0 Å². The first-order chi connectivity index (χ1) is 13.9. The van der Waals surface area contributed by atoms with Gasteiger partial charge >= 0.3 is 0 Å². The molecule has 0 atom stereocenters. The average Bonchev–Trinajstić information content (AvgIpc) is 3.23. The third kappa shape index (κ3) is 3.69. The SMILES string of the molecule is Cn1cnc(-c2cc3c(cc2NC(=O)C(=CN)c2ncccn2)CC(C)(C)O3)c1. The van der Waals surface area contributed by atoms with E-state index >= 15 is 0 Å². The molecule has 0 radical (unpaired) electrons. The molecule has 1 aliphatic rings. The lowest BCUT2D eigenvalue weighted by atomic mass is 9.99. The molecule has 148 valence electrons. The van der Waals surface area contributed by atoms with Crippen LogP contribution in [0.2, 0.25) is 0 Å². The van der Waals surface area contributed by atoms with Gasteiger partial charge in [-0.15, -0.1) is 0 Å². The molecule has 8 nitrogen and oxygen atoms in total. The van der Waals surface area contributed by atoms with Gasteiger partial charge in [-0.05, 0) is 32.0 Å². The zero-order valence-corrected chi connectivity index (χ0v) is 16.5. The van der Waals surface area contributed by atoms with Crippen molar-refractivity contribution in [3.8, 4) is 17.0 Å². The summed E-state index contributed by atoms with van der Waals surface area (Å²) in [5.74, 6) is 0.668. The van der Waals surface area contributed by atoms with Crippen molar-refractivity contribution in [1.82, 2.24) is 19.5 Å². The van der Waals surface area contributed by atoms with E-state index in [1.54, 1.807) is 24.8 Å². The van der Waals surface area contributed by atoms with Gasteiger partial charge in [0.1, 0.15) is 11.4 Å². The molecule has 8 heteroatoms. The highest BCUT2D eigenvalue weighted by atomic mass is 16.5. The number of nitrogens with zero attached hydrogens (tertiary/aromatic N) is 4. The molecule has 0 bridgehead atoms. The molecule has 1 aliphatic heterocycles. The molecule has 3 heterocycles. The van der Waals surface area contributed by atoms with Crippen LogP contribution in [0.15, 0.2) is 49.3 Å². The van der Waals surface area contributed by atoms with Crippen LogP contribution in [-0.2, 0) is 18.3 Å². The van der Waals surface area contributed by atoms with Crippen LogP contribution in [0.25, 0.3) is 16.8 Å². The summed E-state index contributed by atoms with van der Waals surface area (Å²) in [5.41, 5.74) is 8.74. The van der Waals surface area contributed by atoms with Crippen LogP contribution < -0.4 is 15.8 Å². The fraction of sp³-hybridized carbons (Fsp3) is 0.238. The molecule has 0 saturated carbocycles. The predicted octanol–water partition coefficient (Wildman–Crippen LogP) is 2.53. The van der Waals surface area contributed by atoms with Crippen LogP contribution in [0.3, 0.4) is 0 Å². The summed E-state index contributed by atoms with van der Waals surface area (Å²) in [6, 6.07) is 5.54. The number of carbonyl (C=O) groups excluding carboxylic acids is 1. The summed E-state index contributed by atoms with van der Waals surface area (Å²) in [6.45, 7) is 4.07. The average molecular weight is 390 g/mol. The Morgan fingerprint density at radius 2 is 2.03 bits per heavy atom. The zero-order chi connectivity index (χ0) is 20.6. The third-order valence-electron chi connectivity index (χ3n) is 4.65. The quantitative estimate of drug-likeness (QED) is 0.663. The molecule has 0 aliphatic carbocycles. The smallest absolute Gasteiger partial charge is 0.260 e. The number of nitrogens with one attached hydrogen (secondary N) is 1. The van der Waals surface area contributed by atoms with E-state index in [1.165, 1.54) is 6.20 Å². The Labute approximate surface area is 168 Å². The van der Waals surface area contributed by atoms with E-state index in [2.05, 4.69) is 20.3 Å². The molecule has 0 unspecified atom stereocenters. The molecule has 3 N–H and O–H groups in total. The van der Waals surface area contributed by atoms with Gasteiger partial charge in [-0.25, -0.2) is 15.0 Å². The first-order valence-corrected chi connectivity index (χ1v) is 9.21. The van der Waals surface area contributed by atoms with Crippen molar-refractivity contribution in [3.63, 3.8) is 0 Å². The Bertz CT molecular complexity index is 1100. The molecule has 3 aromatic rings. The summed E-state index contributed by atoms with van der Waals surface area (Å²) in [6.07, 6.45) is 8.68. The minimum absolute atomic E-state index is 0.189. The number of nitrogens with two attached hydrogens (primary N) is 1. The lowest BCUT2D eigenvalue weighted by molar-refractivity contribution is -0.111. The second-order valence-corrected chi connectivity index (χ2v) is 7.58. The number of carbonyl (C=O) groups is 1. The lowest BCUT2D eigenvalue weighted by Crippen LogP contribution is -2.24. The number of anilines is 1. The zero-order valence-electron chi connectivity index (χ0n) is 16.5. The molecule has 0 saturated heterocycles. The number of benzene rings is 1. The van der Waals surface area contributed by atoms with Gasteiger partial charge in [-0.3, -0.25) is 4.79 Å². The van der Waals surface area contributed by atoms with Crippen molar-refractivity contribution < 1.29 is 9.53 Å². The molecule has 4 rings (SSSR count). The van der Waals surface area contributed by atoms with Crippen LogP contribution in [0.1, 0.15) is 25.2 Å². The summed E-state index contributed by atoms with van der Waals surface area (Å²) < 4.78 is 7.91. The van der Waals surface area contributed by atoms with Gasteiger partial charge in [-0.1, -0.05) is 0 Å². The molecule has 0 spiro atoms. The number of ether oxygens (including phenoxy) is 1. The number of hydrogen-bond donors (Lipinski definition) is 2. The van der Waals surface area contributed by atoms with Crippen molar-refractivity contribution in [2.24, 2.45) is 12.8 Å². The van der Waals surface area contributed by atoms with Gasteiger partial charge < -0.3 is 20.4 Å². The second kappa shape index (κ2) is 7.05. The number of hydrogen-bond acceptors (Lipinski definition) is 6. The minimum Gasteiger partial charge on any atom is -0.487 e. The molecule has 29 heavy (non-hydrogen) atoms. The lowest BCUT2D eigenvalue weighted by Gasteiger charge is -2.17. The molecule has 1 aromatic carbocycles. The highest BCUT2D eigenvalue weighted by Gasteiger charge is 2.31. The largest absolute Gasteiger partial charge is 0.487 e. The monoisotopic (exact) mass is 390 g/mol. The van der Waals surface area contributed by atoms with Crippen molar-refractivity contribution in [2.45, 2.75) is 25.9 Å². The fourth-order valence-electron chi connectivity index (χ4n) is 3.40. The van der Waals surface area contributed by atoms with Gasteiger partial charge in [0.25, 0.3) is 5.91 Å². The standard InChI is InChI=1S/C21H22N6O2/c1-21(2)9-13-7-16(14(8-18(13)29-21)17-11-27(3)12-25-17)26-20(28)15(10-22)19-23-5-4-6-24-19/h4-8,10-12H,9,22H2,1-3H3,(H,26,28). The van der Waals surface area contributed by atoms with Crippen LogP contribution in [0, 0.1) is 0 Å². The van der Waals surface area contributed by atoms with Crippen molar-refractivity contribution >= 4 is 17.2 Å². The van der Waals surface area contributed by atoms with Crippen LogP contribution >= 0.6 is 0 Å². The van der Waals surface area contributed by atoms with Crippen molar-refractivity contribution in [2.75, 3.05) is 5.32 Å². The van der Waals surface area contributed by atoms with E-state index in [0.29, 0.717) is 5.69 Å². The highest BCUT2D eigenvalue weighted by Crippen LogP contribution is 2.41. The topological polar surface area (TPSA) is 108 Å². The Morgan fingerprint density at radius 3 is 2.69 bits per heavy atom. The Morgan fingerprint density at radius 1 is 1.28 bits per heavy atom. The normalized spacial score (nSPS) is 14.9. The first kappa shape index (κ1) is 18.7. The molecular weight excluding hydrogens is 368 g/mol. The molecule has 0 fully saturated rings. The number of amides is 1. The Kier molecular flexibility index (Phi) is 4.54. The predicted molar refractivity (Wildman–Crippen MR) is 110 cm³/mol. The number of imidazole rings is 1. The fourth-order valence-corrected chi connectivity index (χ4v) is 3.40. The Balaban J connectivity index is 1.74. The van der Waals surface area contributed by atoms with E-state index in [1.807, 2.05) is 43.8 Å². The number of rotatable bonds is 4. The van der Waals surface area contributed by atoms with E-state index in [0.717, 1.165) is 29.0 Å². The number of fused-ring (bicyclic) bond motifs is 1. The van der Waals surface area contributed by atoms with E-state index in [9.17, 15) is 4.79 Å². The molecule has 2 aromatic heterocycles. The minimum atomic E-state index is -0.394. The van der Waals surface area contributed by atoms with Crippen molar-refractivity contribution in [3.05, 3.63) is 60.7 Å². The summed E-state index contributed by atoms with van der Waals surface area (Å²) in [5, 5.41) is 2.95. The third-order valence-corrected chi connectivity index (χ3v) is 4.65. The van der Waals surface area contributed by atoms with Gasteiger partial charge in [0.05, 0.1) is 23.3 Å². The van der Waals surface area contributed by atoms with Crippen LogP contribution in [-0.4, -0.2) is 31.0 Å². The summed E-state index contributed by atoms with van der Waals surface area (Å²) in [7, 11) is 1.89. The number of aromatic nitrogens is 4.